The summed E-state index contributed by atoms with van der Waals surface area (Å²) in [6, 6.07) is 5.42. The van der Waals surface area contributed by atoms with Gasteiger partial charge >= 0.3 is 0 Å². The van der Waals surface area contributed by atoms with Crippen molar-refractivity contribution in [2.45, 2.75) is 13.0 Å². The van der Waals surface area contributed by atoms with Crippen molar-refractivity contribution in [2.24, 2.45) is 11.8 Å². The minimum atomic E-state index is -0.360. The van der Waals surface area contributed by atoms with E-state index in [9.17, 15) is 9.50 Å². The molecule has 3 aromatic rings. The van der Waals surface area contributed by atoms with E-state index in [1.165, 1.54) is 13.3 Å². The summed E-state index contributed by atoms with van der Waals surface area (Å²) in [5.74, 6) is 1.93. The topological polar surface area (TPSA) is 102 Å². The molecule has 0 unspecified atom stereocenters. The van der Waals surface area contributed by atoms with Crippen molar-refractivity contribution in [3.05, 3.63) is 47.7 Å². The Bertz CT molecular complexity index is 1180. The third-order valence-corrected chi connectivity index (χ3v) is 6.71. The number of fused-ring (bicyclic) bond motifs is 2. The zero-order chi connectivity index (χ0) is 24.2. The number of methoxy groups -OCH3 is 1. The van der Waals surface area contributed by atoms with Gasteiger partial charge in [-0.3, -0.25) is 9.97 Å². The smallest absolute Gasteiger partial charge is 0.213 e. The first kappa shape index (κ1) is 23.7. The summed E-state index contributed by atoms with van der Waals surface area (Å²) < 4.78 is 31.0. The van der Waals surface area contributed by atoms with Crippen LogP contribution in [-0.4, -0.2) is 78.1 Å². The molecule has 2 aliphatic heterocycles. The van der Waals surface area contributed by atoms with E-state index in [4.69, 9.17) is 14.2 Å². The summed E-state index contributed by atoms with van der Waals surface area (Å²) in [4.78, 5) is 15.3. The molecule has 0 radical (unpaired) electrons. The number of likely N-dealkylation sites (tertiary alicyclic amines) is 1. The van der Waals surface area contributed by atoms with Crippen molar-refractivity contribution < 1.29 is 23.7 Å². The molecule has 3 aromatic heterocycles. The predicted octanol–water partition coefficient (Wildman–Crippen LogP) is 1.82. The highest BCUT2D eigenvalue weighted by molar-refractivity contribution is 5.78. The Labute approximate surface area is 203 Å². The average molecular weight is 484 g/mol. The highest BCUT2D eigenvalue weighted by Crippen LogP contribution is 2.29. The second kappa shape index (κ2) is 10.7. The van der Waals surface area contributed by atoms with Crippen LogP contribution in [0, 0.1) is 17.7 Å². The summed E-state index contributed by atoms with van der Waals surface area (Å²) in [7, 11) is 1.54. The maximum atomic E-state index is 14.6. The first-order valence-corrected chi connectivity index (χ1v) is 11.9. The van der Waals surface area contributed by atoms with Gasteiger partial charge in [-0.15, -0.1) is 0 Å². The van der Waals surface area contributed by atoms with Crippen LogP contribution >= 0.6 is 0 Å². The molecule has 0 saturated carbocycles. The summed E-state index contributed by atoms with van der Waals surface area (Å²) in [6.07, 6.45) is 3.46. The number of nitrogens with one attached hydrogen (secondary N) is 1. The van der Waals surface area contributed by atoms with Crippen molar-refractivity contribution in [2.75, 3.05) is 53.1 Å². The first-order valence-electron chi connectivity index (χ1n) is 11.9. The fraction of sp³-hybridized carbons (Fsp3) is 0.480. The maximum Gasteiger partial charge on any atom is 0.213 e. The van der Waals surface area contributed by atoms with Gasteiger partial charge in [0.2, 0.25) is 5.88 Å². The van der Waals surface area contributed by atoms with Gasteiger partial charge in [0.05, 0.1) is 36.2 Å². The van der Waals surface area contributed by atoms with E-state index in [1.807, 2.05) is 6.07 Å². The lowest BCUT2D eigenvalue weighted by molar-refractivity contribution is 0.170. The molecule has 10 heteroatoms. The zero-order valence-corrected chi connectivity index (χ0v) is 19.7. The van der Waals surface area contributed by atoms with Crippen LogP contribution in [0.2, 0.25) is 0 Å². The highest BCUT2D eigenvalue weighted by Gasteiger charge is 2.32. The van der Waals surface area contributed by atoms with E-state index in [0.29, 0.717) is 61.0 Å². The van der Waals surface area contributed by atoms with Crippen LogP contribution in [0.5, 0.6) is 17.4 Å². The molecule has 0 amide bonds. The molecular formula is C25H30FN5O4. The monoisotopic (exact) mass is 483 g/mol. The molecule has 35 heavy (non-hydrogen) atoms. The van der Waals surface area contributed by atoms with Gasteiger partial charge in [-0.25, -0.2) is 9.37 Å². The Kier molecular flexibility index (Phi) is 7.21. The third-order valence-electron chi connectivity index (χ3n) is 6.71. The summed E-state index contributed by atoms with van der Waals surface area (Å²) in [6.45, 7) is 4.84. The number of ether oxygens (including phenoxy) is 3. The lowest BCUT2D eigenvalue weighted by atomic mass is 9.97. The standard InChI is InChI=1S/C25H30FN5O4/c1-33-24-3-2-21-25(30-24)19(20(26)11-29-21)4-5-31-13-16(17(14-31)15-32)9-27-10-18-8-22-23(12-28-18)35-7-6-34-22/h2-3,8,11-12,16-17,27,32H,4-7,9-10,13-15H2,1H3/t16-,17-/m1/s1. The van der Waals surface area contributed by atoms with Crippen LogP contribution in [0.25, 0.3) is 11.0 Å². The fourth-order valence-corrected chi connectivity index (χ4v) is 4.83. The zero-order valence-electron chi connectivity index (χ0n) is 19.7. The van der Waals surface area contributed by atoms with E-state index in [1.54, 1.807) is 18.3 Å². The number of rotatable bonds is 9. The van der Waals surface area contributed by atoms with Crippen LogP contribution in [-0.2, 0) is 13.0 Å². The summed E-state index contributed by atoms with van der Waals surface area (Å²) in [5, 5.41) is 13.4. The molecular weight excluding hydrogens is 453 g/mol. The van der Waals surface area contributed by atoms with Gasteiger partial charge in [0, 0.05) is 50.5 Å². The van der Waals surface area contributed by atoms with Crippen molar-refractivity contribution in [3.63, 3.8) is 0 Å². The molecule has 1 saturated heterocycles. The Morgan fingerprint density at radius 3 is 2.80 bits per heavy atom. The molecule has 9 nitrogen and oxygen atoms in total. The van der Waals surface area contributed by atoms with Gasteiger partial charge in [0.25, 0.3) is 0 Å². The molecule has 2 aliphatic rings. The van der Waals surface area contributed by atoms with E-state index in [-0.39, 0.29) is 24.3 Å². The number of aliphatic hydroxyl groups is 1. The lowest BCUT2D eigenvalue weighted by Crippen LogP contribution is -2.29. The number of nitrogens with zero attached hydrogens (tertiary/aromatic N) is 4. The van der Waals surface area contributed by atoms with Gasteiger partial charge in [0.15, 0.2) is 11.5 Å². The molecule has 5 rings (SSSR count). The van der Waals surface area contributed by atoms with Crippen LogP contribution < -0.4 is 19.5 Å². The molecule has 1 fully saturated rings. The molecule has 2 atom stereocenters. The molecule has 2 N–H and O–H groups in total. The van der Waals surface area contributed by atoms with Gasteiger partial charge in [-0.2, -0.15) is 0 Å². The average Bonchev–Trinajstić information content (AvgIpc) is 3.29. The molecule has 186 valence electrons. The van der Waals surface area contributed by atoms with Crippen molar-refractivity contribution in [1.82, 2.24) is 25.2 Å². The van der Waals surface area contributed by atoms with Crippen molar-refractivity contribution in [3.8, 4) is 17.4 Å². The van der Waals surface area contributed by atoms with Crippen LogP contribution in [0.4, 0.5) is 4.39 Å². The van der Waals surface area contributed by atoms with Crippen LogP contribution in [0.3, 0.4) is 0 Å². The van der Waals surface area contributed by atoms with E-state index in [2.05, 4.69) is 25.2 Å². The molecule has 0 bridgehead atoms. The number of hydrogen-bond donors (Lipinski definition) is 2. The minimum Gasteiger partial charge on any atom is -0.486 e. The van der Waals surface area contributed by atoms with Gasteiger partial charge in [-0.1, -0.05) is 0 Å². The largest absolute Gasteiger partial charge is 0.486 e. The Morgan fingerprint density at radius 1 is 1.14 bits per heavy atom. The van der Waals surface area contributed by atoms with E-state index < -0.39 is 0 Å². The first-order chi connectivity index (χ1) is 17.1. The lowest BCUT2D eigenvalue weighted by Gasteiger charge is -2.19. The number of halogens is 1. The quantitative estimate of drug-likeness (QED) is 0.472. The van der Waals surface area contributed by atoms with Crippen LogP contribution in [0.15, 0.2) is 30.6 Å². The Balaban J connectivity index is 1.18. The number of aromatic nitrogens is 3. The van der Waals surface area contributed by atoms with Crippen molar-refractivity contribution >= 4 is 11.0 Å². The van der Waals surface area contributed by atoms with Gasteiger partial charge in [-0.05, 0) is 30.9 Å². The number of pyridine rings is 3. The molecule has 0 aliphatic carbocycles. The maximum absolute atomic E-state index is 14.6. The third kappa shape index (κ3) is 5.29. The number of hydrogen-bond acceptors (Lipinski definition) is 9. The number of aliphatic hydroxyl groups excluding tert-OH is 1. The van der Waals surface area contributed by atoms with Gasteiger partial charge in [0.1, 0.15) is 19.0 Å². The Morgan fingerprint density at radius 2 is 1.97 bits per heavy atom. The molecule has 0 spiro atoms. The second-order valence-corrected chi connectivity index (χ2v) is 8.97. The van der Waals surface area contributed by atoms with E-state index >= 15 is 0 Å². The predicted molar refractivity (Wildman–Crippen MR) is 127 cm³/mol. The van der Waals surface area contributed by atoms with Crippen LogP contribution in [0.1, 0.15) is 11.3 Å². The Hall–Kier alpha value is -3.08. The van der Waals surface area contributed by atoms with E-state index in [0.717, 1.165) is 31.1 Å². The summed E-state index contributed by atoms with van der Waals surface area (Å²) >= 11 is 0. The molecule has 0 aromatic carbocycles. The summed E-state index contributed by atoms with van der Waals surface area (Å²) in [5.41, 5.74) is 2.60. The van der Waals surface area contributed by atoms with Gasteiger partial charge < -0.3 is 29.5 Å². The highest BCUT2D eigenvalue weighted by atomic mass is 19.1. The fourth-order valence-electron chi connectivity index (χ4n) is 4.83. The van der Waals surface area contributed by atoms with Crippen molar-refractivity contribution in [1.29, 1.82) is 0 Å². The normalized spacial score (nSPS) is 19.9. The second-order valence-electron chi connectivity index (χ2n) is 8.97. The molecule has 5 heterocycles. The minimum absolute atomic E-state index is 0.121. The SMILES string of the molecule is COc1ccc2ncc(F)c(CCN3C[C@@H](CNCc4cc5c(cn4)OCCO5)[C@@H](CO)C3)c2n1.